The van der Waals surface area contributed by atoms with Gasteiger partial charge in [-0.25, -0.2) is 0 Å². The molecule has 0 aromatic heterocycles. The highest BCUT2D eigenvalue weighted by Crippen LogP contribution is 2.25. The van der Waals surface area contributed by atoms with E-state index in [1.54, 1.807) is 0 Å². The highest BCUT2D eigenvalue weighted by Gasteiger charge is 2.30. The van der Waals surface area contributed by atoms with Crippen molar-refractivity contribution in [1.29, 1.82) is 0 Å². The molecule has 0 bridgehead atoms. The zero-order valence-electron chi connectivity index (χ0n) is 9.98. The van der Waals surface area contributed by atoms with Gasteiger partial charge in [0.25, 0.3) is 0 Å². The second-order valence-electron chi connectivity index (χ2n) is 5.28. The van der Waals surface area contributed by atoms with Gasteiger partial charge in [0, 0.05) is 18.6 Å². The van der Waals surface area contributed by atoms with Crippen molar-refractivity contribution in [3.63, 3.8) is 0 Å². The van der Waals surface area contributed by atoms with E-state index in [2.05, 4.69) is 18.7 Å². The van der Waals surface area contributed by atoms with Crippen molar-refractivity contribution < 1.29 is 4.74 Å². The Morgan fingerprint density at radius 2 is 1.87 bits per heavy atom. The molecule has 2 aliphatic heterocycles. The van der Waals surface area contributed by atoms with Crippen LogP contribution in [-0.2, 0) is 4.74 Å². The molecular weight excluding hydrogens is 188 g/mol. The third kappa shape index (κ3) is 2.92. The summed E-state index contributed by atoms with van der Waals surface area (Å²) in [7, 11) is 0. The lowest BCUT2D eigenvalue weighted by Crippen LogP contribution is -2.51. The van der Waals surface area contributed by atoms with Crippen molar-refractivity contribution in [2.24, 2.45) is 5.73 Å². The Balaban J connectivity index is 1.91. The number of hydrogen-bond donors (Lipinski definition) is 1. The zero-order valence-corrected chi connectivity index (χ0v) is 9.98. The summed E-state index contributed by atoms with van der Waals surface area (Å²) in [5.74, 6) is 0. The molecule has 0 amide bonds. The number of hydrogen-bond acceptors (Lipinski definition) is 3. The van der Waals surface area contributed by atoms with Gasteiger partial charge >= 0.3 is 0 Å². The van der Waals surface area contributed by atoms with Crippen LogP contribution >= 0.6 is 0 Å². The van der Waals surface area contributed by atoms with Gasteiger partial charge in [0.05, 0.1) is 12.2 Å². The maximum absolute atomic E-state index is 6.03. The summed E-state index contributed by atoms with van der Waals surface area (Å²) < 4.78 is 5.78. The molecule has 3 nitrogen and oxygen atoms in total. The highest BCUT2D eigenvalue weighted by atomic mass is 16.5. The predicted molar refractivity (Wildman–Crippen MR) is 61.8 cm³/mol. The number of nitrogens with zero attached hydrogens (tertiary/aromatic N) is 1. The van der Waals surface area contributed by atoms with Crippen LogP contribution < -0.4 is 5.73 Å². The third-order valence-electron chi connectivity index (χ3n) is 3.68. The number of ether oxygens (including phenoxy) is 1. The Kier molecular flexibility index (Phi) is 3.65. The van der Waals surface area contributed by atoms with Crippen molar-refractivity contribution in [2.75, 3.05) is 13.1 Å². The number of likely N-dealkylation sites (tertiary alicyclic amines) is 1. The van der Waals surface area contributed by atoms with E-state index in [0.717, 1.165) is 6.54 Å². The van der Waals surface area contributed by atoms with Crippen molar-refractivity contribution in [1.82, 2.24) is 4.90 Å². The molecule has 0 aliphatic carbocycles. The smallest absolute Gasteiger partial charge is 0.0565 e. The van der Waals surface area contributed by atoms with Crippen molar-refractivity contribution in [3.8, 4) is 0 Å². The predicted octanol–water partition coefficient (Wildman–Crippen LogP) is 1.37. The average Bonchev–Trinajstić information content (AvgIpc) is 2.16. The van der Waals surface area contributed by atoms with E-state index in [1.165, 1.54) is 32.2 Å². The summed E-state index contributed by atoms with van der Waals surface area (Å²) in [6.07, 6.45) is 5.65. The van der Waals surface area contributed by atoms with E-state index in [0.29, 0.717) is 24.3 Å². The lowest BCUT2D eigenvalue weighted by Gasteiger charge is -2.42. The molecule has 0 radical (unpaired) electrons. The van der Waals surface area contributed by atoms with Gasteiger partial charge in [0.15, 0.2) is 0 Å². The Hall–Kier alpha value is -0.120. The molecule has 3 heteroatoms. The van der Waals surface area contributed by atoms with Gasteiger partial charge < -0.3 is 10.5 Å². The molecule has 0 aromatic carbocycles. The molecule has 2 fully saturated rings. The summed E-state index contributed by atoms with van der Waals surface area (Å²) >= 11 is 0. The molecule has 88 valence electrons. The molecule has 3 atom stereocenters. The summed E-state index contributed by atoms with van der Waals surface area (Å²) in [5.41, 5.74) is 6.03. The first-order chi connectivity index (χ1) is 7.15. The fourth-order valence-corrected chi connectivity index (χ4v) is 3.04. The Bertz CT molecular complexity index is 200. The normalized spacial score (nSPS) is 44.2. The van der Waals surface area contributed by atoms with E-state index in [1.807, 2.05) is 0 Å². The van der Waals surface area contributed by atoms with Crippen molar-refractivity contribution >= 4 is 0 Å². The van der Waals surface area contributed by atoms with Crippen molar-refractivity contribution in [3.05, 3.63) is 0 Å². The van der Waals surface area contributed by atoms with Gasteiger partial charge in [0.1, 0.15) is 0 Å². The van der Waals surface area contributed by atoms with Crippen LogP contribution in [0.25, 0.3) is 0 Å². The minimum absolute atomic E-state index is 0.396. The van der Waals surface area contributed by atoms with Crippen LogP contribution in [0.2, 0.25) is 0 Å². The van der Waals surface area contributed by atoms with E-state index in [-0.39, 0.29) is 0 Å². The maximum Gasteiger partial charge on any atom is 0.0565 e. The van der Waals surface area contributed by atoms with Crippen LogP contribution in [0.3, 0.4) is 0 Å². The van der Waals surface area contributed by atoms with Gasteiger partial charge in [-0.2, -0.15) is 0 Å². The molecule has 2 saturated heterocycles. The SMILES string of the molecule is CC1CC(N2CCCC(N)C2)CC(C)O1. The molecule has 0 aromatic rings. The second-order valence-corrected chi connectivity index (χ2v) is 5.28. The standard InChI is InChI=1S/C12H24N2O/c1-9-6-12(7-10(2)15-9)14-5-3-4-11(13)8-14/h9-12H,3-8,13H2,1-2H3. The molecule has 15 heavy (non-hydrogen) atoms. The summed E-state index contributed by atoms with van der Waals surface area (Å²) in [6, 6.07) is 1.10. The minimum atomic E-state index is 0.396. The van der Waals surface area contributed by atoms with Crippen LogP contribution in [0.15, 0.2) is 0 Å². The summed E-state index contributed by atoms with van der Waals surface area (Å²) in [5, 5.41) is 0. The molecule has 0 saturated carbocycles. The number of piperidine rings is 1. The molecule has 2 heterocycles. The summed E-state index contributed by atoms with van der Waals surface area (Å²) in [4.78, 5) is 2.59. The monoisotopic (exact) mass is 212 g/mol. The van der Waals surface area contributed by atoms with E-state index < -0.39 is 0 Å². The van der Waals surface area contributed by atoms with E-state index in [9.17, 15) is 0 Å². The fraction of sp³-hybridized carbons (Fsp3) is 1.00. The minimum Gasteiger partial charge on any atom is -0.375 e. The second kappa shape index (κ2) is 4.81. The molecule has 0 spiro atoms. The molecule has 2 N–H and O–H groups in total. The molecule has 2 rings (SSSR count). The van der Waals surface area contributed by atoms with E-state index >= 15 is 0 Å². The van der Waals surface area contributed by atoms with Gasteiger partial charge in [-0.1, -0.05) is 0 Å². The zero-order chi connectivity index (χ0) is 10.8. The Morgan fingerprint density at radius 1 is 1.20 bits per heavy atom. The third-order valence-corrected chi connectivity index (χ3v) is 3.68. The van der Waals surface area contributed by atoms with Crippen LogP contribution in [-0.4, -0.2) is 42.3 Å². The maximum atomic E-state index is 6.03. The van der Waals surface area contributed by atoms with E-state index in [4.69, 9.17) is 10.5 Å². The largest absolute Gasteiger partial charge is 0.375 e. The average molecular weight is 212 g/mol. The van der Waals surface area contributed by atoms with Crippen LogP contribution in [0.1, 0.15) is 39.5 Å². The quantitative estimate of drug-likeness (QED) is 0.713. The van der Waals surface area contributed by atoms with Gasteiger partial charge in [-0.3, -0.25) is 4.90 Å². The summed E-state index contributed by atoms with van der Waals surface area (Å²) in [6.45, 7) is 6.70. The van der Waals surface area contributed by atoms with Gasteiger partial charge in [-0.15, -0.1) is 0 Å². The Labute approximate surface area is 93.0 Å². The van der Waals surface area contributed by atoms with Crippen LogP contribution in [0.4, 0.5) is 0 Å². The lowest BCUT2D eigenvalue weighted by molar-refractivity contribution is -0.0686. The van der Waals surface area contributed by atoms with Crippen molar-refractivity contribution in [2.45, 2.75) is 63.8 Å². The van der Waals surface area contributed by atoms with Gasteiger partial charge in [0.2, 0.25) is 0 Å². The molecule has 2 aliphatic rings. The van der Waals surface area contributed by atoms with Crippen LogP contribution in [0, 0.1) is 0 Å². The lowest BCUT2D eigenvalue weighted by atomic mass is 9.95. The molecule has 3 unspecified atom stereocenters. The first-order valence-corrected chi connectivity index (χ1v) is 6.30. The van der Waals surface area contributed by atoms with Crippen LogP contribution in [0.5, 0.6) is 0 Å². The number of nitrogens with two attached hydrogens (primary N) is 1. The topological polar surface area (TPSA) is 38.5 Å². The first-order valence-electron chi connectivity index (χ1n) is 6.30. The fourth-order valence-electron chi connectivity index (χ4n) is 3.04. The first kappa shape index (κ1) is 11.4. The Morgan fingerprint density at radius 3 is 2.47 bits per heavy atom. The van der Waals surface area contributed by atoms with Gasteiger partial charge in [-0.05, 0) is 46.1 Å². The highest BCUT2D eigenvalue weighted by molar-refractivity contribution is 4.85. The number of rotatable bonds is 1. The molecular formula is C12H24N2O.